The fourth-order valence-corrected chi connectivity index (χ4v) is 4.42. The number of ether oxygens (including phenoxy) is 2. The highest BCUT2D eigenvalue weighted by Crippen LogP contribution is 2.20. The first-order valence-electron chi connectivity index (χ1n) is 14.0. The van der Waals surface area contributed by atoms with Gasteiger partial charge in [-0.25, -0.2) is 0 Å². The van der Waals surface area contributed by atoms with Crippen molar-refractivity contribution in [2.24, 2.45) is 9.98 Å². The normalized spacial score (nSPS) is 13.0. The van der Waals surface area contributed by atoms with Crippen LogP contribution in [0.1, 0.15) is 45.7 Å². The van der Waals surface area contributed by atoms with Gasteiger partial charge in [0.2, 0.25) is 0 Å². The number of hydrogen-bond donors (Lipinski definition) is 0. The number of hydrogen-bond acceptors (Lipinski definition) is 6. The van der Waals surface area contributed by atoms with Crippen LogP contribution in [0.2, 0.25) is 0 Å². The highest BCUT2D eigenvalue weighted by atomic mass is 16.5. The molecule has 0 spiro atoms. The van der Waals surface area contributed by atoms with Crippen molar-refractivity contribution in [2.75, 3.05) is 13.2 Å². The van der Waals surface area contributed by atoms with E-state index in [-0.39, 0.29) is 12.1 Å². The molecule has 0 saturated heterocycles. The zero-order valence-corrected chi connectivity index (χ0v) is 23.4. The van der Waals surface area contributed by atoms with Crippen LogP contribution < -0.4 is 0 Å². The van der Waals surface area contributed by atoms with Gasteiger partial charge in [-0.2, -0.15) is 0 Å². The molecule has 210 valence electrons. The molecular formula is C36H34N4O2. The highest BCUT2D eigenvalue weighted by molar-refractivity contribution is 5.77. The molecule has 0 N–H and O–H groups in total. The molecule has 0 saturated carbocycles. The minimum atomic E-state index is -0.124. The maximum Gasteiger partial charge on any atom is 0.0983 e. The summed E-state index contributed by atoms with van der Waals surface area (Å²) >= 11 is 0. The van der Waals surface area contributed by atoms with E-state index in [0.29, 0.717) is 26.4 Å². The van der Waals surface area contributed by atoms with Gasteiger partial charge in [0.25, 0.3) is 0 Å². The molecule has 2 heterocycles. The fraction of sp³-hybridized carbons (Fsp3) is 0.167. The van der Waals surface area contributed by atoms with Crippen LogP contribution in [0.5, 0.6) is 0 Å². The number of pyridine rings is 2. The summed E-state index contributed by atoms with van der Waals surface area (Å²) in [6.07, 6.45) is 7.15. The van der Waals surface area contributed by atoms with Gasteiger partial charge in [0.05, 0.1) is 49.9 Å². The molecule has 6 heteroatoms. The molecule has 0 unspecified atom stereocenters. The Morgan fingerprint density at radius 2 is 0.976 bits per heavy atom. The summed E-state index contributed by atoms with van der Waals surface area (Å²) < 4.78 is 12.3. The number of aliphatic imine (C=N–C) groups is 2. The maximum atomic E-state index is 6.15. The minimum Gasteiger partial charge on any atom is -0.374 e. The maximum absolute atomic E-state index is 6.15. The second-order valence-electron chi connectivity index (χ2n) is 9.77. The Kier molecular flexibility index (Phi) is 10.9. The molecule has 6 nitrogen and oxygen atoms in total. The Bertz CT molecular complexity index is 1410. The molecule has 2 aromatic heterocycles. The van der Waals surface area contributed by atoms with Crippen molar-refractivity contribution < 1.29 is 9.47 Å². The third-order valence-electron chi connectivity index (χ3n) is 6.60. The quantitative estimate of drug-likeness (QED) is 0.136. The average molecular weight is 555 g/mol. The van der Waals surface area contributed by atoms with Crippen LogP contribution in [0.25, 0.3) is 0 Å². The summed E-state index contributed by atoms with van der Waals surface area (Å²) in [7, 11) is 0. The second-order valence-corrected chi connectivity index (χ2v) is 9.77. The number of benzene rings is 3. The van der Waals surface area contributed by atoms with Crippen LogP contribution in [0.3, 0.4) is 0 Å². The average Bonchev–Trinajstić information content (AvgIpc) is 3.06. The minimum absolute atomic E-state index is 0.124. The Balaban J connectivity index is 1.16. The summed E-state index contributed by atoms with van der Waals surface area (Å²) in [5, 5.41) is 0. The molecule has 0 aliphatic rings. The van der Waals surface area contributed by atoms with Gasteiger partial charge in [0, 0.05) is 24.8 Å². The third kappa shape index (κ3) is 9.13. The molecule has 0 amide bonds. The van der Waals surface area contributed by atoms with Crippen molar-refractivity contribution in [1.82, 2.24) is 9.97 Å². The van der Waals surface area contributed by atoms with Crippen LogP contribution in [-0.2, 0) is 22.7 Å². The number of rotatable bonds is 14. The van der Waals surface area contributed by atoms with Crippen LogP contribution in [0.4, 0.5) is 0 Å². The predicted octanol–water partition coefficient (Wildman–Crippen LogP) is 7.23. The van der Waals surface area contributed by atoms with Crippen LogP contribution in [0, 0.1) is 0 Å². The Hall–Kier alpha value is -4.78. The van der Waals surface area contributed by atoms with Gasteiger partial charge in [-0.05, 0) is 46.5 Å². The first-order chi connectivity index (χ1) is 20.8. The molecular weight excluding hydrogens is 520 g/mol. The monoisotopic (exact) mass is 554 g/mol. The zero-order chi connectivity index (χ0) is 28.7. The lowest BCUT2D eigenvalue weighted by atomic mass is 10.1. The zero-order valence-electron chi connectivity index (χ0n) is 23.4. The molecule has 0 fully saturated rings. The van der Waals surface area contributed by atoms with E-state index in [1.165, 1.54) is 0 Å². The summed E-state index contributed by atoms with van der Waals surface area (Å²) in [6.45, 7) is 1.89. The van der Waals surface area contributed by atoms with Crippen molar-refractivity contribution in [3.63, 3.8) is 0 Å². The Labute approximate surface area is 247 Å². The first kappa shape index (κ1) is 28.7. The molecule has 0 aliphatic carbocycles. The molecule has 42 heavy (non-hydrogen) atoms. The molecule has 0 radical (unpaired) electrons. The van der Waals surface area contributed by atoms with E-state index in [0.717, 1.165) is 33.6 Å². The second kappa shape index (κ2) is 15.9. The lowest BCUT2D eigenvalue weighted by Crippen LogP contribution is -2.08. The van der Waals surface area contributed by atoms with E-state index < -0.39 is 0 Å². The fourth-order valence-electron chi connectivity index (χ4n) is 4.42. The van der Waals surface area contributed by atoms with Crippen LogP contribution >= 0.6 is 0 Å². The highest BCUT2D eigenvalue weighted by Gasteiger charge is 2.11. The predicted molar refractivity (Wildman–Crippen MR) is 168 cm³/mol. The molecule has 5 aromatic rings. The topological polar surface area (TPSA) is 69.0 Å². The van der Waals surface area contributed by atoms with Crippen molar-refractivity contribution in [3.8, 4) is 0 Å². The smallest absolute Gasteiger partial charge is 0.0983 e. The van der Waals surface area contributed by atoms with Crippen molar-refractivity contribution in [1.29, 1.82) is 0 Å². The molecule has 0 bridgehead atoms. The van der Waals surface area contributed by atoms with Gasteiger partial charge in [-0.15, -0.1) is 0 Å². The molecule has 5 rings (SSSR count). The molecule has 3 aromatic carbocycles. The van der Waals surface area contributed by atoms with Gasteiger partial charge < -0.3 is 9.47 Å². The van der Waals surface area contributed by atoms with E-state index >= 15 is 0 Å². The largest absolute Gasteiger partial charge is 0.374 e. The summed E-state index contributed by atoms with van der Waals surface area (Å²) in [5.74, 6) is 0. The standard InChI is InChI=1S/C36H34N4O2/c1-3-14-31(15-4-1)35(39-23-33-18-7-9-20-37-33)27-41-25-29-12-11-13-30(22-29)26-42-28-36(32-16-5-2-6-17-32)40-24-34-19-8-10-21-38-34/h1-24,35-36H,25-28H2/t35-,36-/m0/s1. The van der Waals surface area contributed by atoms with Gasteiger partial charge in [-0.3, -0.25) is 20.0 Å². The molecule has 0 aliphatic heterocycles. The number of aromatic nitrogens is 2. The molecule has 2 atom stereocenters. The van der Waals surface area contributed by atoms with Crippen molar-refractivity contribution in [2.45, 2.75) is 25.3 Å². The third-order valence-corrected chi connectivity index (χ3v) is 6.60. The first-order valence-corrected chi connectivity index (χ1v) is 14.0. The van der Waals surface area contributed by atoms with Crippen LogP contribution in [-0.4, -0.2) is 35.6 Å². The SMILES string of the molecule is C(=N[C@@H](COCc1cccc(COC[C@H](N=Cc2ccccn2)c2ccccc2)c1)c1ccccc1)c1ccccn1. The van der Waals surface area contributed by atoms with E-state index in [1.807, 2.05) is 91.3 Å². The van der Waals surface area contributed by atoms with Gasteiger partial charge in [0.15, 0.2) is 0 Å². The van der Waals surface area contributed by atoms with E-state index in [9.17, 15) is 0 Å². The van der Waals surface area contributed by atoms with E-state index in [1.54, 1.807) is 12.4 Å². The lowest BCUT2D eigenvalue weighted by molar-refractivity contribution is 0.105. The van der Waals surface area contributed by atoms with E-state index in [4.69, 9.17) is 19.5 Å². The van der Waals surface area contributed by atoms with Crippen molar-refractivity contribution >= 4 is 12.4 Å². The summed E-state index contributed by atoms with van der Waals surface area (Å²) in [6, 6.07) is 40.0. The van der Waals surface area contributed by atoms with Gasteiger partial charge >= 0.3 is 0 Å². The lowest BCUT2D eigenvalue weighted by Gasteiger charge is -2.15. The summed E-state index contributed by atoms with van der Waals surface area (Å²) in [5.41, 5.74) is 6.02. The van der Waals surface area contributed by atoms with E-state index in [2.05, 4.69) is 52.4 Å². The number of nitrogens with zero attached hydrogens (tertiary/aromatic N) is 4. The van der Waals surface area contributed by atoms with Crippen LogP contribution in [0.15, 0.2) is 144 Å². The summed E-state index contributed by atoms with van der Waals surface area (Å²) in [4.78, 5) is 18.3. The van der Waals surface area contributed by atoms with Crippen molar-refractivity contribution in [3.05, 3.63) is 167 Å². The van der Waals surface area contributed by atoms with Gasteiger partial charge in [0.1, 0.15) is 0 Å². The van der Waals surface area contributed by atoms with Gasteiger partial charge in [-0.1, -0.05) is 97.1 Å². The Morgan fingerprint density at radius 1 is 0.524 bits per heavy atom. The Morgan fingerprint density at radius 3 is 1.40 bits per heavy atom.